The highest BCUT2D eigenvalue weighted by Gasteiger charge is 2.26. The van der Waals surface area contributed by atoms with Crippen LogP contribution in [0.2, 0.25) is 0 Å². The van der Waals surface area contributed by atoms with Crippen LogP contribution in [0.3, 0.4) is 0 Å². The number of likely N-dealkylation sites (N-methyl/N-ethyl adjacent to an activating group) is 1. The number of nitrogens with one attached hydrogen (secondary N) is 2. The predicted octanol–water partition coefficient (Wildman–Crippen LogP) is 3.51. The molecule has 1 saturated heterocycles. The molecule has 3 rings (SSSR count). The van der Waals surface area contributed by atoms with E-state index in [0.717, 1.165) is 38.4 Å². The van der Waals surface area contributed by atoms with Gasteiger partial charge in [-0.05, 0) is 45.0 Å². The molecule has 1 heterocycles. The van der Waals surface area contributed by atoms with E-state index in [4.69, 9.17) is 0 Å². The molecule has 0 aromatic heterocycles. The number of hydrogen-bond donors (Lipinski definition) is 2. The van der Waals surface area contributed by atoms with Crippen LogP contribution >= 0.6 is 0 Å². The van der Waals surface area contributed by atoms with Gasteiger partial charge in [0.1, 0.15) is 0 Å². The summed E-state index contributed by atoms with van der Waals surface area (Å²) in [6.45, 7) is 5.29. The van der Waals surface area contributed by atoms with E-state index in [-0.39, 0.29) is 0 Å². The third kappa shape index (κ3) is 6.31. The van der Waals surface area contributed by atoms with Gasteiger partial charge in [-0.2, -0.15) is 0 Å². The maximum absolute atomic E-state index is 4.48. The van der Waals surface area contributed by atoms with E-state index >= 15 is 0 Å². The van der Waals surface area contributed by atoms with Gasteiger partial charge in [-0.25, -0.2) is 0 Å². The maximum Gasteiger partial charge on any atom is 0.191 e. The number of nitrogens with zero attached hydrogens (tertiary/aromatic N) is 3. The standard InChI is InChI=1S/C25H37N5/c1-20-17-23(15-16-30(20)19-21-11-7-5-8-12-21)28-25(26-2)27-18-24(29(3)4)22-13-9-6-10-14-22/h5-14,20,23-24H,15-19H2,1-4H3,(H2,26,27,28). The molecule has 5 nitrogen and oxygen atoms in total. The summed E-state index contributed by atoms with van der Waals surface area (Å²) in [5.74, 6) is 0.895. The molecule has 3 atom stereocenters. The van der Waals surface area contributed by atoms with E-state index in [0.29, 0.717) is 18.1 Å². The molecular weight excluding hydrogens is 370 g/mol. The lowest BCUT2D eigenvalue weighted by Crippen LogP contribution is -2.52. The Balaban J connectivity index is 1.50. The van der Waals surface area contributed by atoms with Crippen molar-refractivity contribution in [2.45, 2.75) is 44.4 Å². The number of benzene rings is 2. The van der Waals surface area contributed by atoms with E-state index < -0.39 is 0 Å². The fourth-order valence-corrected chi connectivity index (χ4v) is 4.26. The van der Waals surface area contributed by atoms with Crippen LogP contribution in [0, 0.1) is 0 Å². The number of piperidine rings is 1. The van der Waals surface area contributed by atoms with Crippen LogP contribution in [0.5, 0.6) is 0 Å². The molecule has 0 spiro atoms. The molecule has 1 fully saturated rings. The Hall–Kier alpha value is -2.37. The summed E-state index contributed by atoms with van der Waals surface area (Å²) in [7, 11) is 6.11. The molecule has 162 valence electrons. The van der Waals surface area contributed by atoms with E-state index in [1.807, 2.05) is 7.05 Å². The van der Waals surface area contributed by atoms with Gasteiger partial charge in [-0.1, -0.05) is 60.7 Å². The maximum atomic E-state index is 4.48. The Morgan fingerprint density at radius 3 is 2.37 bits per heavy atom. The summed E-state index contributed by atoms with van der Waals surface area (Å²) < 4.78 is 0. The average Bonchev–Trinajstić information content (AvgIpc) is 2.76. The Morgan fingerprint density at radius 2 is 1.77 bits per heavy atom. The number of guanidine groups is 1. The van der Waals surface area contributed by atoms with Gasteiger partial charge in [0.2, 0.25) is 0 Å². The zero-order chi connectivity index (χ0) is 21.3. The molecule has 0 radical (unpaired) electrons. The normalized spacial score (nSPS) is 21.4. The first-order valence-corrected chi connectivity index (χ1v) is 11.0. The number of rotatable bonds is 7. The van der Waals surface area contributed by atoms with Gasteiger partial charge in [0.25, 0.3) is 0 Å². The van der Waals surface area contributed by atoms with E-state index in [2.05, 4.69) is 107 Å². The highest BCUT2D eigenvalue weighted by Crippen LogP contribution is 2.20. The van der Waals surface area contributed by atoms with Crippen molar-refractivity contribution < 1.29 is 0 Å². The minimum absolute atomic E-state index is 0.302. The van der Waals surface area contributed by atoms with Crippen molar-refractivity contribution in [1.82, 2.24) is 20.4 Å². The second-order valence-electron chi connectivity index (χ2n) is 8.51. The molecular formula is C25H37N5. The lowest BCUT2D eigenvalue weighted by Gasteiger charge is -2.38. The second-order valence-corrected chi connectivity index (χ2v) is 8.51. The Morgan fingerprint density at radius 1 is 1.10 bits per heavy atom. The highest BCUT2D eigenvalue weighted by molar-refractivity contribution is 5.80. The Bertz CT molecular complexity index is 775. The Kier molecular flexibility index (Phi) is 8.29. The third-order valence-electron chi connectivity index (χ3n) is 6.08. The molecule has 5 heteroatoms. The van der Waals surface area contributed by atoms with Crippen LogP contribution in [-0.4, -0.2) is 62.1 Å². The number of aliphatic imine (C=N–C) groups is 1. The molecule has 3 unspecified atom stereocenters. The molecule has 0 aliphatic carbocycles. The summed E-state index contributed by atoms with van der Waals surface area (Å²) in [6.07, 6.45) is 2.26. The average molecular weight is 408 g/mol. The number of hydrogen-bond acceptors (Lipinski definition) is 3. The van der Waals surface area contributed by atoms with Gasteiger partial charge in [-0.3, -0.25) is 9.89 Å². The molecule has 2 N–H and O–H groups in total. The third-order valence-corrected chi connectivity index (χ3v) is 6.08. The van der Waals surface area contributed by atoms with Gasteiger partial charge in [-0.15, -0.1) is 0 Å². The van der Waals surface area contributed by atoms with E-state index in [1.54, 1.807) is 0 Å². The van der Waals surface area contributed by atoms with Gasteiger partial charge in [0, 0.05) is 38.8 Å². The van der Waals surface area contributed by atoms with E-state index in [1.165, 1.54) is 11.1 Å². The van der Waals surface area contributed by atoms with Crippen molar-refractivity contribution >= 4 is 5.96 Å². The molecule has 0 amide bonds. The van der Waals surface area contributed by atoms with Gasteiger partial charge in [0.15, 0.2) is 5.96 Å². The van der Waals surface area contributed by atoms with Crippen LogP contribution in [-0.2, 0) is 6.54 Å². The lowest BCUT2D eigenvalue weighted by molar-refractivity contribution is 0.134. The summed E-state index contributed by atoms with van der Waals surface area (Å²) in [5.41, 5.74) is 2.71. The van der Waals surface area contributed by atoms with Gasteiger partial charge >= 0.3 is 0 Å². The van der Waals surface area contributed by atoms with E-state index in [9.17, 15) is 0 Å². The fourth-order valence-electron chi connectivity index (χ4n) is 4.26. The molecule has 2 aromatic carbocycles. The largest absolute Gasteiger partial charge is 0.354 e. The Labute approximate surface area is 182 Å². The van der Waals surface area contributed by atoms with Crippen molar-refractivity contribution in [3.63, 3.8) is 0 Å². The zero-order valence-electron chi connectivity index (χ0n) is 18.9. The van der Waals surface area contributed by atoms with Crippen LogP contribution in [0.1, 0.15) is 36.9 Å². The van der Waals surface area contributed by atoms with Crippen LogP contribution < -0.4 is 10.6 Å². The van der Waals surface area contributed by atoms with Crippen molar-refractivity contribution in [1.29, 1.82) is 0 Å². The molecule has 0 bridgehead atoms. The first kappa shape index (κ1) is 22.3. The van der Waals surface area contributed by atoms with Crippen LogP contribution in [0.25, 0.3) is 0 Å². The minimum atomic E-state index is 0.302. The minimum Gasteiger partial charge on any atom is -0.354 e. The fraction of sp³-hybridized carbons (Fsp3) is 0.480. The van der Waals surface area contributed by atoms with Crippen LogP contribution in [0.4, 0.5) is 0 Å². The smallest absolute Gasteiger partial charge is 0.191 e. The molecule has 1 aliphatic heterocycles. The van der Waals surface area contributed by atoms with Gasteiger partial charge < -0.3 is 15.5 Å². The molecule has 30 heavy (non-hydrogen) atoms. The zero-order valence-corrected chi connectivity index (χ0v) is 18.9. The first-order chi connectivity index (χ1) is 14.6. The highest BCUT2D eigenvalue weighted by atomic mass is 15.2. The number of likely N-dealkylation sites (tertiary alicyclic amines) is 1. The molecule has 0 saturated carbocycles. The van der Waals surface area contributed by atoms with Crippen molar-refractivity contribution in [2.75, 3.05) is 34.2 Å². The first-order valence-electron chi connectivity index (χ1n) is 11.0. The topological polar surface area (TPSA) is 42.9 Å². The van der Waals surface area contributed by atoms with Crippen LogP contribution in [0.15, 0.2) is 65.7 Å². The molecule has 2 aromatic rings. The second kappa shape index (κ2) is 11.1. The SMILES string of the molecule is CN=C(NCC(c1ccccc1)N(C)C)NC1CCN(Cc2ccccc2)C(C)C1. The lowest BCUT2D eigenvalue weighted by atomic mass is 9.97. The summed E-state index contributed by atoms with van der Waals surface area (Å²) >= 11 is 0. The van der Waals surface area contributed by atoms with Crippen molar-refractivity contribution in [3.05, 3.63) is 71.8 Å². The molecule has 1 aliphatic rings. The van der Waals surface area contributed by atoms with Gasteiger partial charge in [0.05, 0.1) is 6.04 Å². The monoisotopic (exact) mass is 407 g/mol. The van der Waals surface area contributed by atoms with Crippen molar-refractivity contribution in [3.8, 4) is 0 Å². The quantitative estimate of drug-likeness (QED) is 0.545. The van der Waals surface area contributed by atoms with Crippen molar-refractivity contribution in [2.24, 2.45) is 4.99 Å². The summed E-state index contributed by atoms with van der Waals surface area (Å²) in [4.78, 5) is 9.32. The summed E-state index contributed by atoms with van der Waals surface area (Å²) in [6, 6.07) is 22.7. The predicted molar refractivity (Wildman–Crippen MR) is 127 cm³/mol. The summed E-state index contributed by atoms with van der Waals surface area (Å²) in [5, 5.41) is 7.21.